The van der Waals surface area contributed by atoms with Gasteiger partial charge in [-0.2, -0.15) is 8.42 Å². The molecule has 4 bridgehead atoms. The minimum Gasteiger partial charge on any atom is -0.476 e. The summed E-state index contributed by atoms with van der Waals surface area (Å²) in [6, 6.07) is 5.43. The first-order chi connectivity index (χ1) is 20.1. The van der Waals surface area contributed by atoms with Crippen LogP contribution in [0.5, 0.6) is 0 Å². The van der Waals surface area contributed by atoms with E-state index in [1.54, 1.807) is 12.1 Å². The predicted molar refractivity (Wildman–Crippen MR) is 161 cm³/mol. The average Bonchev–Trinajstić information content (AvgIpc) is 3.22. The largest absolute Gasteiger partial charge is 0.476 e. The zero-order valence-electron chi connectivity index (χ0n) is 25.5. The molecule has 2 heterocycles. The van der Waals surface area contributed by atoms with Gasteiger partial charge >= 0.3 is 5.97 Å². The first-order valence-corrected chi connectivity index (χ1v) is 16.6. The molecule has 12 heteroatoms. The number of amides is 1. The van der Waals surface area contributed by atoms with Crippen LogP contribution in [-0.4, -0.2) is 77.6 Å². The van der Waals surface area contributed by atoms with E-state index in [0.717, 1.165) is 49.9 Å². The Morgan fingerprint density at radius 3 is 2.35 bits per heavy atom. The summed E-state index contributed by atoms with van der Waals surface area (Å²) < 4.78 is 39.9. The first kappa shape index (κ1) is 31.6. The Morgan fingerprint density at radius 1 is 1.02 bits per heavy atom. The summed E-state index contributed by atoms with van der Waals surface area (Å²) in [5.74, 6) is -1.68. The number of carbonyl (C=O) groups is 2. The molecular formula is C31H44N4O7S. The molecule has 4 aliphatic carbocycles. The maximum atomic E-state index is 12.2. The third-order valence-electron chi connectivity index (χ3n) is 9.69. The van der Waals surface area contributed by atoms with E-state index in [9.17, 15) is 23.1 Å². The number of pyridine rings is 1. The van der Waals surface area contributed by atoms with Crippen LogP contribution >= 0.6 is 0 Å². The van der Waals surface area contributed by atoms with Gasteiger partial charge in [0, 0.05) is 49.7 Å². The number of aromatic carboxylic acids is 1. The highest BCUT2D eigenvalue weighted by atomic mass is 32.2. The molecule has 4 aliphatic rings. The molecule has 6 rings (SSSR count). The third kappa shape index (κ3) is 6.82. The van der Waals surface area contributed by atoms with Gasteiger partial charge in [0.1, 0.15) is 0 Å². The minimum absolute atomic E-state index is 0.0154. The molecule has 0 saturated heterocycles. The highest BCUT2D eigenvalue weighted by molar-refractivity contribution is 7.85. The van der Waals surface area contributed by atoms with Crippen molar-refractivity contribution in [2.45, 2.75) is 77.9 Å². The van der Waals surface area contributed by atoms with Gasteiger partial charge in [-0.05, 0) is 73.8 Å². The third-order valence-corrected chi connectivity index (χ3v) is 10.4. The van der Waals surface area contributed by atoms with Crippen molar-refractivity contribution in [2.24, 2.45) is 16.2 Å². The summed E-state index contributed by atoms with van der Waals surface area (Å²) in [6.07, 6.45) is 8.41. The number of carboxylic acid groups (broad SMARTS) is 1. The molecule has 2 aromatic rings. The van der Waals surface area contributed by atoms with Crippen molar-refractivity contribution in [1.29, 1.82) is 0 Å². The van der Waals surface area contributed by atoms with Crippen LogP contribution in [0.15, 0.2) is 24.4 Å². The van der Waals surface area contributed by atoms with E-state index < -0.39 is 16.1 Å². The standard InChI is InChI=1S/C31H44N4O7S/c1-21-23(24-6-5-22(13-25(36)32-4)34-26(24)27(37)38)7-10-35(21)20-30-15-28(2)14-29(3,16-30)18-31(17-28,19-30)42-11-8-33-9-12-43(39,40)41/h5-7,10,33H,8-9,11-20H2,1-4H3,(H,32,36)(H,37,38)(H,39,40,41). The van der Waals surface area contributed by atoms with Crippen molar-refractivity contribution in [2.75, 3.05) is 32.5 Å². The molecule has 1 amide bonds. The molecule has 2 aromatic heterocycles. The maximum absolute atomic E-state index is 12.2. The lowest BCUT2D eigenvalue weighted by Crippen LogP contribution is -2.64. The molecule has 4 saturated carbocycles. The predicted octanol–water partition coefficient (Wildman–Crippen LogP) is 3.46. The van der Waals surface area contributed by atoms with Gasteiger partial charge in [0.2, 0.25) is 5.91 Å². The maximum Gasteiger partial charge on any atom is 0.355 e. The van der Waals surface area contributed by atoms with Gasteiger partial charge in [-0.1, -0.05) is 19.9 Å². The smallest absolute Gasteiger partial charge is 0.355 e. The number of carboxylic acids is 1. The van der Waals surface area contributed by atoms with Gasteiger partial charge in [-0.15, -0.1) is 0 Å². The van der Waals surface area contributed by atoms with Crippen LogP contribution in [-0.2, 0) is 32.6 Å². The van der Waals surface area contributed by atoms with Gasteiger partial charge in [0.15, 0.2) is 5.69 Å². The number of ether oxygens (including phenoxy) is 1. The number of aromatic nitrogens is 2. The second-order valence-corrected chi connectivity index (χ2v) is 15.6. The fraction of sp³-hybridized carbons (Fsp3) is 0.645. The second kappa shape index (κ2) is 11.3. The highest BCUT2D eigenvalue weighted by Gasteiger charge is 2.66. The Hall–Kier alpha value is -2.80. The van der Waals surface area contributed by atoms with Crippen LogP contribution < -0.4 is 10.6 Å². The zero-order chi connectivity index (χ0) is 31.3. The summed E-state index contributed by atoms with van der Waals surface area (Å²) in [4.78, 5) is 28.3. The monoisotopic (exact) mass is 616 g/mol. The van der Waals surface area contributed by atoms with Crippen molar-refractivity contribution in [3.8, 4) is 11.1 Å². The summed E-state index contributed by atoms with van der Waals surface area (Å²) in [6.45, 7) is 8.78. The van der Waals surface area contributed by atoms with Crippen LogP contribution in [0.25, 0.3) is 11.1 Å². The zero-order valence-corrected chi connectivity index (χ0v) is 26.3. The number of nitrogens with one attached hydrogen (secondary N) is 2. The molecule has 11 nitrogen and oxygen atoms in total. The number of hydrogen-bond acceptors (Lipinski definition) is 7. The quantitative estimate of drug-likeness (QED) is 0.195. The number of rotatable bonds is 13. The van der Waals surface area contributed by atoms with Crippen LogP contribution in [0.2, 0.25) is 0 Å². The van der Waals surface area contributed by atoms with E-state index >= 15 is 0 Å². The number of carbonyl (C=O) groups excluding carboxylic acids is 1. The second-order valence-electron chi connectivity index (χ2n) is 14.0. The Morgan fingerprint density at radius 2 is 1.72 bits per heavy atom. The van der Waals surface area contributed by atoms with Gasteiger partial charge in [0.05, 0.1) is 30.1 Å². The molecule has 2 atom stereocenters. The van der Waals surface area contributed by atoms with E-state index in [0.29, 0.717) is 24.4 Å². The van der Waals surface area contributed by atoms with Crippen molar-refractivity contribution >= 4 is 22.0 Å². The Kier molecular flexibility index (Phi) is 8.30. The topological polar surface area (TPSA) is 160 Å². The molecular weight excluding hydrogens is 572 g/mol. The first-order valence-electron chi connectivity index (χ1n) is 15.0. The summed E-state index contributed by atoms with van der Waals surface area (Å²) in [5.41, 5.74) is 2.79. The van der Waals surface area contributed by atoms with E-state index in [4.69, 9.17) is 9.29 Å². The minimum atomic E-state index is -3.99. The normalized spacial score (nSPS) is 29.6. The fourth-order valence-electron chi connectivity index (χ4n) is 9.42. The lowest BCUT2D eigenvalue weighted by Gasteiger charge is -2.69. The lowest BCUT2D eigenvalue weighted by molar-refractivity contribution is -0.247. The van der Waals surface area contributed by atoms with Crippen LogP contribution in [0.1, 0.15) is 74.2 Å². The average molecular weight is 617 g/mol. The SMILES string of the molecule is CNC(=O)Cc1ccc(-c2ccn(CC34CC5(C)CC(C)(C3)CC(OCCNCCS(=O)(=O)O)(C5)C4)c2C)c(C(=O)O)n1. The van der Waals surface area contributed by atoms with Crippen molar-refractivity contribution in [1.82, 2.24) is 20.2 Å². The molecule has 0 radical (unpaired) electrons. The van der Waals surface area contributed by atoms with Gasteiger partial charge in [-0.3, -0.25) is 9.35 Å². The van der Waals surface area contributed by atoms with Crippen molar-refractivity contribution in [3.63, 3.8) is 0 Å². The summed E-state index contributed by atoms with van der Waals surface area (Å²) >= 11 is 0. The molecule has 4 N–H and O–H groups in total. The van der Waals surface area contributed by atoms with E-state index in [-0.39, 0.29) is 52.2 Å². The van der Waals surface area contributed by atoms with E-state index in [2.05, 4.69) is 34.0 Å². The number of hydrogen-bond donors (Lipinski definition) is 4. The van der Waals surface area contributed by atoms with Crippen LogP contribution in [0.3, 0.4) is 0 Å². The van der Waals surface area contributed by atoms with E-state index in [1.165, 1.54) is 13.5 Å². The van der Waals surface area contributed by atoms with Gasteiger partial charge < -0.3 is 25.0 Å². The Bertz CT molecular complexity index is 1500. The summed E-state index contributed by atoms with van der Waals surface area (Å²) in [5, 5.41) is 15.6. The van der Waals surface area contributed by atoms with Crippen LogP contribution in [0, 0.1) is 23.2 Å². The molecule has 0 aromatic carbocycles. The molecule has 43 heavy (non-hydrogen) atoms. The van der Waals surface area contributed by atoms with Crippen LogP contribution in [0.4, 0.5) is 0 Å². The van der Waals surface area contributed by atoms with Crippen molar-refractivity contribution < 1.29 is 32.4 Å². The van der Waals surface area contributed by atoms with Gasteiger partial charge in [0.25, 0.3) is 10.1 Å². The molecule has 2 unspecified atom stereocenters. The number of nitrogens with zero attached hydrogens (tertiary/aromatic N) is 2. The molecule has 0 spiro atoms. The highest BCUT2D eigenvalue weighted by Crippen LogP contribution is 2.72. The van der Waals surface area contributed by atoms with Crippen molar-refractivity contribution in [3.05, 3.63) is 41.5 Å². The lowest BCUT2D eigenvalue weighted by atomic mass is 9.39. The van der Waals surface area contributed by atoms with Gasteiger partial charge in [-0.25, -0.2) is 9.78 Å². The molecule has 4 fully saturated rings. The number of likely N-dealkylation sites (N-methyl/N-ethyl adjacent to an activating group) is 1. The molecule has 0 aliphatic heterocycles. The fourth-order valence-corrected chi connectivity index (χ4v) is 9.82. The summed E-state index contributed by atoms with van der Waals surface area (Å²) in [7, 11) is -2.45. The molecule has 236 valence electrons. The van der Waals surface area contributed by atoms with E-state index in [1.807, 2.05) is 19.2 Å². The Balaban J connectivity index is 1.36. The Labute approximate surface area is 253 Å².